The van der Waals surface area contributed by atoms with E-state index in [1.165, 1.54) is 66.3 Å². The van der Waals surface area contributed by atoms with Crippen LogP contribution in [0.5, 0.6) is 0 Å². The Bertz CT molecular complexity index is 1320. The van der Waals surface area contributed by atoms with Gasteiger partial charge in [-0.25, -0.2) is 16.8 Å². The molecule has 0 bridgehead atoms. The molecule has 2 unspecified atom stereocenters. The van der Waals surface area contributed by atoms with Crippen LogP contribution in [0.25, 0.3) is 0 Å². The smallest absolute Gasteiger partial charge is 0.353 e. The Morgan fingerprint density at radius 2 is 1.25 bits per heavy atom. The van der Waals surface area contributed by atoms with Crippen molar-refractivity contribution in [2.75, 3.05) is 0 Å². The highest BCUT2D eigenvalue weighted by atomic mass is 32.2. The minimum absolute atomic E-state index is 0.268. The monoisotopic (exact) mass is 485 g/mol. The Balaban J connectivity index is 2.38. The predicted molar refractivity (Wildman–Crippen MR) is 110 cm³/mol. The average molecular weight is 486 g/mol. The molecular weight excluding hydrogens is 467 g/mol. The number of nitrogens with zero attached hydrogens (tertiary/aromatic N) is 1. The lowest BCUT2D eigenvalue weighted by Crippen LogP contribution is -2.46. The Labute approximate surface area is 183 Å². The molecule has 3 rings (SSSR count). The number of carbonyl (C=O) groups excluding carboxylic acids is 1. The molecule has 0 spiro atoms. The van der Waals surface area contributed by atoms with Crippen molar-refractivity contribution in [3.8, 4) is 0 Å². The molecule has 11 heteroatoms. The number of halogens is 3. The van der Waals surface area contributed by atoms with Crippen molar-refractivity contribution in [1.82, 2.24) is 4.57 Å². The first-order valence-electron chi connectivity index (χ1n) is 9.18. The number of sulfone groups is 2. The number of aromatic nitrogens is 1. The topological polar surface area (TPSA) is 90.3 Å². The van der Waals surface area contributed by atoms with Crippen LogP contribution < -0.4 is 0 Å². The summed E-state index contributed by atoms with van der Waals surface area (Å²) in [5.74, 6) is -2.66. The fraction of sp³-hybridized carbons (Fsp3) is 0.190. The van der Waals surface area contributed by atoms with Crippen LogP contribution in [0.2, 0.25) is 0 Å². The summed E-state index contributed by atoms with van der Waals surface area (Å²) in [5.41, 5.74) is -0.268. The van der Waals surface area contributed by atoms with E-state index in [0.717, 1.165) is 24.3 Å². The Morgan fingerprint density at radius 1 is 0.781 bits per heavy atom. The summed E-state index contributed by atoms with van der Waals surface area (Å²) in [4.78, 5) is 11.5. The maximum atomic E-state index is 13.6. The SMILES string of the molecule is Cn1cccc1C(C(C(=O)C(F)(F)F)S(=O)(=O)c1ccccc1)S(=O)(=O)c1ccccc1. The van der Waals surface area contributed by atoms with Crippen LogP contribution in [0, 0.1) is 0 Å². The molecule has 0 amide bonds. The molecule has 2 atom stereocenters. The van der Waals surface area contributed by atoms with Crippen molar-refractivity contribution in [2.24, 2.45) is 7.05 Å². The van der Waals surface area contributed by atoms with Crippen LogP contribution in [0.1, 0.15) is 10.9 Å². The number of Topliss-reactive ketones (excluding diaryl/α,β-unsaturated/α-hetero) is 1. The molecule has 32 heavy (non-hydrogen) atoms. The fourth-order valence-corrected chi connectivity index (χ4v) is 7.79. The summed E-state index contributed by atoms with van der Waals surface area (Å²) >= 11 is 0. The minimum Gasteiger partial charge on any atom is -0.353 e. The number of hydrogen-bond acceptors (Lipinski definition) is 5. The van der Waals surface area contributed by atoms with Gasteiger partial charge in [-0.1, -0.05) is 36.4 Å². The molecule has 0 saturated carbocycles. The lowest BCUT2D eigenvalue weighted by atomic mass is 10.1. The third-order valence-electron chi connectivity index (χ3n) is 4.90. The van der Waals surface area contributed by atoms with Crippen molar-refractivity contribution in [3.05, 3.63) is 84.7 Å². The van der Waals surface area contributed by atoms with E-state index in [0.29, 0.717) is 0 Å². The average Bonchev–Trinajstić information content (AvgIpc) is 3.17. The van der Waals surface area contributed by atoms with E-state index in [-0.39, 0.29) is 5.69 Å². The first kappa shape index (κ1) is 23.7. The highest BCUT2D eigenvalue weighted by Crippen LogP contribution is 2.40. The summed E-state index contributed by atoms with van der Waals surface area (Å²) in [5, 5.41) is -5.30. The summed E-state index contributed by atoms with van der Waals surface area (Å²) in [7, 11) is -8.49. The molecule has 170 valence electrons. The first-order valence-corrected chi connectivity index (χ1v) is 12.3. The summed E-state index contributed by atoms with van der Waals surface area (Å²) in [6.07, 6.45) is -4.24. The predicted octanol–water partition coefficient (Wildman–Crippen LogP) is 3.51. The number of rotatable bonds is 7. The maximum Gasteiger partial charge on any atom is 0.451 e. The van der Waals surface area contributed by atoms with Gasteiger partial charge < -0.3 is 4.57 Å². The summed E-state index contributed by atoms with van der Waals surface area (Å²) < 4.78 is 95.8. The molecule has 0 fully saturated rings. The summed E-state index contributed by atoms with van der Waals surface area (Å²) in [6, 6.07) is 15.0. The van der Waals surface area contributed by atoms with Crippen molar-refractivity contribution >= 4 is 25.5 Å². The molecule has 2 aromatic carbocycles. The molecular formula is C21H18F3NO5S2. The van der Waals surface area contributed by atoms with Crippen LogP contribution in [0.4, 0.5) is 13.2 Å². The largest absolute Gasteiger partial charge is 0.451 e. The number of benzene rings is 2. The number of aryl methyl sites for hydroxylation is 1. The molecule has 0 aliphatic carbocycles. The van der Waals surface area contributed by atoms with Gasteiger partial charge in [0.15, 0.2) is 24.9 Å². The van der Waals surface area contributed by atoms with E-state index < -0.39 is 51.9 Å². The standard InChI is InChI=1S/C21H18F3NO5S2/c1-25-14-8-13-17(25)18(31(27,28)15-9-4-2-5-10-15)19(20(26)21(22,23)24)32(29,30)16-11-6-3-7-12-16/h2-14,18-19H,1H3. The lowest BCUT2D eigenvalue weighted by molar-refractivity contribution is -0.170. The van der Waals surface area contributed by atoms with Crippen LogP contribution in [0.3, 0.4) is 0 Å². The van der Waals surface area contributed by atoms with Gasteiger partial charge in [-0.3, -0.25) is 4.79 Å². The van der Waals surface area contributed by atoms with E-state index in [2.05, 4.69) is 0 Å². The van der Waals surface area contributed by atoms with Gasteiger partial charge in [0.2, 0.25) is 0 Å². The van der Waals surface area contributed by atoms with E-state index in [9.17, 15) is 34.8 Å². The Morgan fingerprint density at radius 3 is 1.66 bits per heavy atom. The van der Waals surface area contributed by atoms with Gasteiger partial charge in [-0.15, -0.1) is 0 Å². The molecule has 0 N–H and O–H groups in total. The minimum atomic E-state index is -5.60. The molecule has 1 heterocycles. The molecule has 1 aromatic heterocycles. The number of hydrogen-bond donors (Lipinski definition) is 0. The van der Waals surface area contributed by atoms with E-state index in [1.54, 1.807) is 0 Å². The zero-order chi connectivity index (χ0) is 23.7. The van der Waals surface area contributed by atoms with Crippen molar-refractivity contribution in [1.29, 1.82) is 0 Å². The third-order valence-corrected chi connectivity index (χ3v) is 9.27. The maximum absolute atomic E-state index is 13.6. The summed E-state index contributed by atoms with van der Waals surface area (Å²) in [6.45, 7) is 0. The van der Waals surface area contributed by atoms with Crippen LogP contribution in [-0.2, 0) is 31.5 Å². The third kappa shape index (κ3) is 4.35. The van der Waals surface area contributed by atoms with Crippen LogP contribution in [-0.4, -0.2) is 38.6 Å². The molecule has 0 aliphatic rings. The normalized spacial score (nSPS) is 14.6. The Hall–Kier alpha value is -2.92. The van der Waals surface area contributed by atoms with Gasteiger partial charge >= 0.3 is 6.18 Å². The molecule has 0 saturated heterocycles. The highest BCUT2D eigenvalue weighted by Gasteiger charge is 2.56. The van der Waals surface area contributed by atoms with Gasteiger partial charge in [0.1, 0.15) is 5.25 Å². The fourth-order valence-electron chi connectivity index (χ4n) is 3.36. The highest BCUT2D eigenvalue weighted by molar-refractivity contribution is 7.96. The lowest BCUT2D eigenvalue weighted by Gasteiger charge is -2.27. The Kier molecular flexibility index (Phi) is 6.34. The number of carbonyl (C=O) groups is 1. The van der Waals surface area contributed by atoms with Gasteiger partial charge in [-0.05, 0) is 36.4 Å². The molecule has 0 radical (unpaired) electrons. The van der Waals surface area contributed by atoms with Crippen molar-refractivity contribution in [3.63, 3.8) is 0 Å². The van der Waals surface area contributed by atoms with Gasteiger partial charge in [0.05, 0.1) is 9.79 Å². The van der Waals surface area contributed by atoms with E-state index >= 15 is 0 Å². The zero-order valence-electron chi connectivity index (χ0n) is 16.6. The second-order valence-corrected chi connectivity index (χ2v) is 11.1. The van der Waals surface area contributed by atoms with Gasteiger partial charge in [0.25, 0.3) is 5.78 Å². The van der Waals surface area contributed by atoms with Crippen LogP contribution >= 0.6 is 0 Å². The van der Waals surface area contributed by atoms with Gasteiger partial charge in [-0.2, -0.15) is 13.2 Å². The van der Waals surface area contributed by atoms with E-state index in [4.69, 9.17) is 0 Å². The molecule has 0 aliphatic heterocycles. The second kappa shape index (κ2) is 8.55. The van der Waals surface area contributed by atoms with Crippen LogP contribution in [0.15, 0.2) is 88.8 Å². The molecule has 3 aromatic rings. The zero-order valence-corrected chi connectivity index (χ0v) is 18.2. The first-order chi connectivity index (χ1) is 14.9. The molecule has 6 nitrogen and oxygen atoms in total. The number of ketones is 1. The van der Waals surface area contributed by atoms with E-state index in [1.807, 2.05) is 0 Å². The van der Waals surface area contributed by atoms with Gasteiger partial charge in [0, 0.05) is 18.9 Å². The quantitative estimate of drug-likeness (QED) is 0.511. The van der Waals surface area contributed by atoms with Crippen molar-refractivity contribution < 1.29 is 34.8 Å². The second-order valence-electron chi connectivity index (χ2n) is 6.96. The van der Waals surface area contributed by atoms with Crippen molar-refractivity contribution in [2.45, 2.75) is 26.5 Å². The number of alkyl halides is 3.